The number of aromatic nitrogens is 4. The average Bonchev–Trinajstić information content (AvgIpc) is 2.87. The summed E-state index contributed by atoms with van der Waals surface area (Å²) < 4.78 is 28.4. The van der Waals surface area contributed by atoms with Crippen LogP contribution < -0.4 is 5.73 Å². The second-order valence-electron chi connectivity index (χ2n) is 4.96. The molecule has 0 radical (unpaired) electrons. The fourth-order valence-electron chi connectivity index (χ4n) is 2.22. The molecule has 22 heavy (non-hydrogen) atoms. The number of hydrogen-bond acceptors (Lipinski definition) is 8. The van der Waals surface area contributed by atoms with Crippen LogP contribution >= 0.6 is 7.82 Å². The number of fused-ring (bicyclic) bond motifs is 1. The Bertz CT molecular complexity index is 737. The van der Waals surface area contributed by atoms with E-state index in [4.69, 9.17) is 19.5 Å². The molecular weight excluding hydrogens is 313 g/mol. The van der Waals surface area contributed by atoms with Gasteiger partial charge in [-0.05, 0) is 13.8 Å². The molecule has 120 valence electrons. The Labute approximate surface area is 125 Å². The predicted octanol–water partition coefficient (Wildman–Crippen LogP) is 0.688. The fraction of sp³-hybridized carbons (Fsp3) is 0.545. The van der Waals surface area contributed by atoms with Gasteiger partial charge in [0.1, 0.15) is 12.4 Å². The number of phosphoric ester groups is 1. The molecule has 10 nitrogen and oxygen atoms in total. The third-order valence-corrected chi connectivity index (χ3v) is 4.45. The van der Waals surface area contributed by atoms with Crippen molar-refractivity contribution in [2.24, 2.45) is 0 Å². The lowest BCUT2D eigenvalue weighted by Crippen LogP contribution is -2.37. The van der Waals surface area contributed by atoms with Crippen LogP contribution in [0.3, 0.4) is 0 Å². The summed E-state index contributed by atoms with van der Waals surface area (Å²) in [6.45, 7) is 3.42. The molecule has 1 aliphatic heterocycles. The van der Waals surface area contributed by atoms with E-state index in [9.17, 15) is 9.46 Å². The third kappa shape index (κ3) is 2.83. The van der Waals surface area contributed by atoms with Crippen LogP contribution in [0.25, 0.3) is 5.65 Å². The summed E-state index contributed by atoms with van der Waals surface area (Å²) in [5.41, 5.74) is 6.85. The van der Waals surface area contributed by atoms with Gasteiger partial charge in [-0.3, -0.25) is 9.05 Å². The molecule has 11 heteroatoms. The summed E-state index contributed by atoms with van der Waals surface area (Å²) >= 11 is 0. The Balaban J connectivity index is 1.78. The minimum Gasteiger partial charge on any atom is -0.381 e. The molecule has 1 fully saturated rings. The minimum atomic E-state index is -3.96. The highest BCUT2D eigenvalue weighted by molar-refractivity contribution is 7.47. The van der Waals surface area contributed by atoms with E-state index >= 15 is 0 Å². The van der Waals surface area contributed by atoms with E-state index in [2.05, 4.69) is 15.1 Å². The normalized spacial score (nSPS) is 30.5. The summed E-state index contributed by atoms with van der Waals surface area (Å²) in [7, 11) is -3.96. The summed E-state index contributed by atoms with van der Waals surface area (Å²) in [5, 5.41) is 4.09. The molecule has 1 unspecified atom stereocenters. The van der Waals surface area contributed by atoms with Crippen LogP contribution in [0.15, 0.2) is 12.5 Å². The zero-order chi connectivity index (χ0) is 15.9. The van der Waals surface area contributed by atoms with E-state index < -0.39 is 26.1 Å². The van der Waals surface area contributed by atoms with Crippen LogP contribution in [-0.4, -0.2) is 43.3 Å². The number of hydrogen-bond donors (Lipinski definition) is 2. The molecule has 0 aromatic carbocycles. The largest absolute Gasteiger partial charge is 0.472 e. The molecule has 0 saturated carbocycles. The number of nitrogens with zero attached hydrogens (tertiary/aromatic N) is 4. The van der Waals surface area contributed by atoms with Gasteiger partial charge in [0.25, 0.3) is 0 Å². The molecule has 0 spiro atoms. The maximum atomic E-state index is 11.3. The van der Waals surface area contributed by atoms with Crippen molar-refractivity contribution in [3.8, 4) is 0 Å². The molecule has 2 aromatic heterocycles. The standard InChI is InChI=1S/C11H16N5O5P/c1-6(20-9-4-19-22(17,18)21-7(9)2)8-3-13-11-10(12)14-5-15-16(8)11/h3,5-7,9H,4H2,1-2H3,(H,17,18)(H2,12,14,15)/t6-,7+,9-/m1/s1. The lowest BCUT2D eigenvalue weighted by molar-refractivity contribution is -0.112. The zero-order valence-corrected chi connectivity index (χ0v) is 12.9. The van der Waals surface area contributed by atoms with Gasteiger partial charge in [0.2, 0.25) is 0 Å². The average molecular weight is 329 g/mol. The predicted molar refractivity (Wildman–Crippen MR) is 74.8 cm³/mol. The summed E-state index contributed by atoms with van der Waals surface area (Å²) in [6, 6.07) is 0. The Kier molecular flexibility index (Phi) is 3.87. The topological polar surface area (TPSA) is 134 Å². The van der Waals surface area contributed by atoms with E-state index in [0.717, 1.165) is 0 Å². The molecule has 0 bridgehead atoms. The van der Waals surface area contributed by atoms with Crippen molar-refractivity contribution in [2.75, 3.05) is 12.3 Å². The van der Waals surface area contributed by atoms with Crippen LogP contribution in [0.5, 0.6) is 0 Å². The Hall–Kier alpha value is -1.58. The van der Waals surface area contributed by atoms with E-state index in [-0.39, 0.29) is 12.4 Å². The maximum Gasteiger partial charge on any atom is 0.472 e. The molecule has 1 aliphatic rings. The zero-order valence-electron chi connectivity index (χ0n) is 12.0. The number of rotatable bonds is 3. The monoisotopic (exact) mass is 329 g/mol. The number of nitrogens with two attached hydrogens (primary N) is 1. The van der Waals surface area contributed by atoms with Gasteiger partial charge >= 0.3 is 7.82 Å². The van der Waals surface area contributed by atoms with Crippen molar-refractivity contribution in [3.63, 3.8) is 0 Å². The van der Waals surface area contributed by atoms with Gasteiger partial charge in [-0.25, -0.2) is 19.0 Å². The molecule has 3 rings (SSSR count). The van der Waals surface area contributed by atoms with Gasteiger partial charge in [0.05, 0.1) is 30.7 Å². The van der Waals surface area contributed by atoms with Crippen LogP contribution in [0.1, 0.15) is 25.6 Å². The first-order valence-corrected chi connectivity index (χ1v) is 8.12. The van der Waals surface area contributed by atoms with Gasteiger partial charge in [-0.1, -0.05) is 0 Å². The van der Waals surface area contributed by atoms with Gasteiger partial charge in [0, 0.05) is 0 Å². The first-order valence-electron chi connectivity index (χ1n) is 6.62. The Morgan fingerprint density at radius 1 is 1.59 bits per heavy atom. The van der Waals surface area contributed by atoms with Crippen LogP contribution in [-0.2, 0) is 18.3 Å². The fourth-order valence-corrected chi connectivity index (χ4v) is 3.18. The molecule has 3 N–H and O–H groups in total. The SMILES string of the molecule is C[C@@H]1OP(=O)(O)OC[C@H]1O[C@H](C)c1cnc2c(N)ncnn12. The molecule has 2 aromatic rings. The summed E-state index contributed by atoms with van der Waals surface area (Å²) in [6.07, 6.45) is 1.45. The van der Waals surface area contributed by atoms with Crippen molar-refractivity contribution < 1.29 is 23.2 Å². The van der Waals surface area contributed by atoms with Gasteiger partial charge < -0.3 is 15.4 Å². The summed E-state index contributed by atoms with van der Waals surface area (Å²) in [4.78, 5) is 17.3. The van der Waals surface area contributed by atoms with Gasteiger partial charge in [0.15, 0.2) is 11.5 Å². The Morgan fingerprint density at radius 2 is 2.36 bits per heavy atom. The first kappa shape index (κ1) is 15.3. The maximum absolute atomic E-state index is 11.3. The molecule has 1 saturated heterocycles. The summed E-state index contributed by atoms with van der Waals surface area (Å²) in [5.74, 6) is 0.271. The van der Waals surface area contributed by atoms with E-state index in [1.54, 1.807) is 17.6 Å². The highest BCUT2D eigenvalue weighted by Crippen LogP contribution is 2.48. The minimum absolute atomic E-state index is 0.0346. The molecule has 3 heterocycles. The number of ether oxygens (including phenoxy) is 1. The lowest BCUT2D eigenvalue weighted by Gasteiger charge is -2.32. The van der Waals surface area contributed by atoms with Gasteiger partial charge in [-0.15, -0.1) is 0 Å². The smallest absolute Gasteiger partial charge is 0.381 e. The van der Waals surface area contributed by atoms with Crippen molar-refractivity contribution in [3.05, 3.63) is 18.2 Å². The van der Waals surface area contributed by atoms with E-state index in [0.29, 0.717) is 11.3 Å². The number of imidazole rings is 1. The van der Waals surface area contributed by atoms with Crippen LogP contribution in [0.2, 0.25) is 0 Å². The molecule has 0 aliphatic carbocycles. The molecule has 0 amide bonds. The van der Waals surface area contributed by atoms with Crippen molar-refractivity contribution in [1.82, 2.24) is 19.6 Å². The Morgan fingerprint density at radius 3 is 3.09 bits per heavy atom. The van der Waals surface area contributed by atoms with Crippen molar-refractivity contribution in [2.45, 2.75) is 32.2 Å². The number of phosphoric acid groups is 1. The number of nitrogen functional groups attached to an aromatic ring is 1. The second-order valence-corrected chi connectivity index (χ2v) is 6.36. The third-order valence-electron chi connectivity index (χ3n) is 3.38. The highest BCUT2D eigenvalue weighted by Gasteiger charge is 2.37. The lowest BCUT2D eigenvalue weighted by atomic mass is 10.2. The van der Waals surface area contributed by atoms with Crippen molar-refractivity contribution in [1.29, 1.82) is 0 Å². The van der Waals surface area contributed by atoms with E-state index in [1.165, 1.54) is 6.33 Å². The van der Waals surface area contributed by atoms with Gasteiger partial charge in [-0.2, -0.15) is 5.10 Å². The first-order chi connectivity index (χ1) is 10.4. The second kappa shape index (κ2) is 5.56. The molecular formula is C11H16N5O5P. The van der Waals surface area contributed by atoms with Crippen LogP contribution in [0, 0.1) is 0 Å². The molecule has 4 atom stereocenters. The highest BCUT2D eigenvalue weighted by atomic mass is 31.2. The van der Waals surface area contributed by atoms with Crippen LogP contribution in [0.4, 0.5) is 5.82 Å². The van der Waals surface area contributed by atoms with E-state index in [1.807, 2.05) is 6.92 Å². The number of anilines is 1. The van der Waals surface area contributed by atoms with Crippen molar-refractivity contribution >= 4 is 19.3 Å². The quantitative estimate of drug-likeness (QED) is 0.780.